The molecule has 1 atom stereocenters. The number of carbonyl (C=O) groups is 1. The van der Waals surface area contributed by atoms with Crippen molar-refractivity contribution in [2.24, 2.45) is 0 Å². The molecule has 2 aromatic rings. The third kappa shape index (κ3) is 4.32. The van der Waals surface area contributed by atoms with Crippen LogP contribution in [0.4, 0.5) is 5.69 Å². The van der Waals surface area contributed by atoms with Gasteiger partial charge in [-0.15, -0.1) is 0 Å². The fourth-order valence-corrected chi connectivity index (χ4v) is 6.34. The number of benzene rings is 2. The predicted molar refractivity (Wildman–Crippen MR) is 113 cm³/mol. The summed E-state index contributed by atoms with van der Waals surface area (Å²) < 4.78 is 24.0. The van der Waals surface area contributed by atoms with Crippen molar-refractivity contribution in [1.82, 2.24) is 4.90 Å². The molecule has 2 aliphatic rings. The lowest BCUT2D eigenvalue weighted by Gasteiger charge is -2.38. The summed E-state index contributed by atoms with van der Waals surface area (Å²) in [5.41, 5.74) is 0.912. The Hall–Kier alpha value is -2.08. The summed E-state index contributed by atoms with van der Waals surface area (Å²) in [4.78, 5) is 15.1. The Bertz CT molecular complexity index is 951. The van der Waals surface area contributed by atoms with E-state index in [1.807, 2.05) is 35.2 Å². The molecule has 0 radical (unpaired) electrons. The van der Waals surface area contributed by atoms with Crippen molar-refractivity contribution in [3.8, 4) is 0 Å². The van der Waals surface area contributed by atoms with Crippen LogP contribution in [0.1, 0.15) is 38.5 Å². The van der Waals surface area contributed by atoms with Gasteiger partial charge in [0.25, 0.3) is 0 Å². The highest BCUT2D eigenvalue weighted by Gasteiger charge is 2.38. The lowest BCUT2D eigenvalue weighted by molar-refractivity contribution is -0.134. The largest absolute Gasteiger partial charge is 0.376 e. The minimum atomic E-state index is -3.02. The van der Waals surface area contributed by atoms with Gasteiger partial charge in [0.1, 0.15) is 0 Å². The molecule has 1 amide bonds. The Kier molecular flexibility index (Phi) is 5.58. The number of sulfone groups is 1. The van der Waals surface area contributed by atoms with Crippen LogP contribution in [-0.2, 0) is 14.6 Å². The average Bonchev–Trinajstić information content (AvgIpc) is 3.06. The van der Waals surface area contributed by atoms with Crippen molar-refractivity contribution in [2.45, 2.75) is 50.6 Å². The van der Waals surface area contributed by atoms with Gasteiger partial charge in [-0.25, -0.2) is 8.42 Å². The van der Waals surface area contributed by atoms with E-state index < -0.39 is 9.84 Å². The molecule has 0 unspecified atom stereocenters. The number of fused-ring (bicyclic) bond motifs is 1. The molecule has 1 N–H and O–H groups in total. The van der Waals surface area contributed by atoms with Gasteiger partial charge in [-0.2, -0.15) is 0 Å². The van der Waals surface area contributed by atoms with Crippen LogP contribution in [-0.4, -0.2) is 49.4 Å². The van der Waals surface area contributed by atoms with Crippen LogP contribution >= 0.6 is 0 Å². The number of hydrogen-bond donors (Lipinski definition) is 1. The van der Waals surface area contributed by atoms with Crippen molar-refractivity contribution >= 4 is 32.2 Å². The van der Waals surface area contributed by atoms with Gasteiger partial charge >= 0.3 is 0 Å². The number of nitrogens with one attached hydrogen (secondary N) is 1. The first-order valence-corrected chi connectivity index (χ1v) is 12.1. The van der Waals surface area contributed by atoms with E-state index in [1.54, 1.807) is 0 Å². The summed E-state index contributed by atoms with van der Waals surface area (Å²) in [6, 6.07) is 14.2. The van der Waals surface area contributed by atoms with Gasteiger partial charge in [0.15, 0.2) is 9.84 Å². The summed E-state index contributed by atoms with van der Waals surface area (Å²) in [7, 11) is -3.02. The van der Waals surface area contributed by atoms with E-state index in [1.165, 1.54) is 11.8 Å². The third-order valence-electron chi connectivity index (χ3n) is 6.05. The third-order valence-corrected chi connectivity index (χ3v) is 7.80. The molecule has 150 valence electrons. The zero-order valence-electron chi connectivity index (χ0n) is 16.1. The number of carbonyl (C=O) groups excluding carboxylic acids is 1. The first-order chi connectivity index (χ1) is 13.5. The molecular weight excluding hydrogens is 372 g/mol. The molecule has 1 saturated carbocycles. The van der Waals surface area contributed by atoms with Crippen LogP contribution in [0, 0.1) is 0 Å². The summed E-state index contributed by atoms with van der Waals surface area (Å²) in [6.45, 7) is 0.200. The smallest absolute Gasteiger partial charge is 0.242 e. The molecule has 0 aromatic heterocycles. The molecule has 0 bridgehead atoms. The Morgan fingerprint density at radius 2 is 1.71 bits per heavy atom. The maximum absolute atomic E-state index is 13.1. The van der Waals surface area contributed by atoms with Crippen LogP contribution < -0.4 is 5.32 Å². The van der Waals surface area contributed by atoms with E-state index in [0.29, 0.717) is 6.42 Å². The SMILES string of the molecule is O=C(CNc1ccc2ccccc2c1)N(C1CCCCC1)[C@H]1CCS(=O)(=O)C1. The zero-order chi connectivity index (χ0) is 19.6. The van der Waals surface area contributed by atoms with Crippen molar-refractivity contribution in [1.29, 1.82) is 0 Å². The van der Waals surface area contributed by atoms with Crippen LogP contribution in [0.3, 0.4) is 0 Å². The number of anilines is 1. The van der Waals surface area contributed by atoms with Gasteiger partial charge in [-0.3, -0.25) is 4.79 Å². The zero-order valence-corrected chi connectivity index (χ0v) is 17.0. The van der Waals surface area contributed by atoms with Gasteiger partial charge in [0, 0.05) is 17.8 Å². The summed E-state index contributed by atoms with van der Waals surface area (Å²) in [5, 5.41) is 5.56. The van der Waals surface area contributed by atoms with Crippen molar-refractivity contribution in [3.63, 3.8) is 0 Å². The average molecular weight is 401 g/mol. The van der Waals surface area contributed by atoms with Crippen LogP contribution in [0.25, 0.3) is 10.8 Å². The molecule has 5 nitrogen and oxygen atoms in total. The lowest BCUT2D eigenvalue weighted by atomic mass is 9.93. The molecule has 0 spiro atoms. The van der Waals surface area contributed by atoms with Crippen LogP contribution in [0.2, 0.25) is 0 Å². The fourth-order valence-electron chi connectivity index (χ4n) is 4.63. The minimum Gasteiger partial charge on any atom is -0.376 e. The number of amides is 1. The van der Waals surface area contributed by atoms with Gasteiger partial charge in [-0.1, -0.05) is 49.6 Å². The van der Waals surface area contributed by atoms with Crippen molar-refractivity contribution in [2.75, 3.05) is 23.4 Å². The standard InChI is InChI=1S/C22H28N2O3S/c25-22(15-23-19-11-10-17-6-4-5-7-18(17)14-19)24(20-8-2-1-3-9-20)21-12-13-28(26,27)16-21/h4-7,10-11,14,20-21,23H,1-3,8-9,12-13,15-16H2/t21-/m0/s1. The molecule has 1 heterocycles. The Labute approximate surface area is 167 Å². The second-order valence-corrected chi connectivity index (χ2v) is 10.3. The first kappa shape index (κ1) is 19.2. The number of hydrogen-bond acceptors (Lipinski definition) is 4. The predicted octanol–water partition coefficient (Wildman–Crippen LogP) is 3.60. The molecule has 1 saturated heterocycles. The molecule has 2 fully saturated rings. The minimum absolute atomic E-state index is 0.0159. The van der Waals surface area contributed by atoms with Crippen LogP contribution in [0.5, 0.6) is 0 Å². The molecule has 4 rings (SSSR count). The van der Waals surface area contributed by atoms with E-state index in [-0.39, 0.29) is 36.0 Å². The second kappa shape index (κ2) is 8.11. The Morgan fingerprint density at radius 3 is 2.43 bits per heavy atom. The van der Waals surface area contributed by atoms with Gasteiger partial charge in [-0.05, 0) is 42.2 Å². The maximum atomic E-state index is 13.1. The highest BCUT2D eigenvalue weighted by molar-refractivity contribution is 7.91. The van der Waals surface area contributed by atoms with E-state index in [9.17, 15) is 13.2 Å². The molecule has 1 aliphatic heterocycles. The highest BCUT2D eigenvalue weighted by atomic mass is 32.2. The topological polar surface area (TPSA) is 66.5 Å². The fraction of sp³-hybridized carbons (Fsp3) is 0.500. The second-order valence-electron chi connectivity index (χ2n) is 8.07. The molecule has 28 heavy (non-hydrogen) atoms. The van der Waals surface area contributed by atoms with E-state index >= 15 is 0 Å². The maximum Gasteiger partial charge on any atom is 0.242 e. The van der Waals surface area contributed by atoms with E-state index in [2.05, 4.69) is 17.4 Å². The molecule has 2 aromatic carbocycles. The molecule has 1 aliphatic carbocycles. The van der Waals surface area contributed by atoms with Crippen molar-refractivity contribution in [3.05, 3.63) is 42.5 Å². The summed E-state index contributed by atoms with van der Waals surface area (Å²) >= 11 is 0. The normalized spacial score (nSPS) is 22.2. The van der Waals surface area contributed by atoms with Gasteiger partial charge < -0.3 is 10.2 Å². The van der Waals surface area contributed by atoms with E-state index in [0.717, 1.165) is 36.8 Å². The Morgan fingerprint density at radius 1 is 0.964 bits per heavy atom. The van der Waals surface area contributed by atoms with Gasteiger partial charge in [0.05, 0.1) is 18.1 Å². The van der Waals surface area contributed by atoms with Gasteiger partial charge in [0.2, 0.25) is 5.91 Å². The monoisotopic (exact) mass is 400 g/mol. The number of nitrogens with zero attached hydrogens (tertiary/aromatic N) is 1. The van der Waals surface area contributed by atoms with Crippen molar-refractivity contribution < 1.29 is 13.2 Å². The van der Waals surface area contributed by atoms with Crippen LogP contribution in [0.15, 0.2) is 42.5 Å². The highest BCUT2D eigenvalue weighted by Crippen LogP contribution is 2.28. The van der Waals surface area contributed by atoms with E-state index in [4.69, 9.17) is 0 Å². The molecule has 6 heteroatoms. The Balaban J connectivity index is 1.48. The lowest BCUT2D eigenvalue weighted by Crippen LogP contribution is -2.50. The quantitative estimate of drug-likeness (QED) is 0.833. The number of rotatable bonds is 5. The molecular formula is C22H28N2O3S. The first-order valence-electron chi connectivity index (χ1n) is 10.3. The summed E-state index contributed by atoms with van der Waals surface area (Å²) in [6.07, 6.45) is 5.98. The summed E-state index contributed by atoms with van der Waals surface area (Å²) in [5.74, 6) is 0.333.